The quantitative estimate of drug-likeness (QED) is 0.0200. The Morgan fingerprint density at radius 2 is 0.683 bits per heavy atom. The Balaban J connectivity index is 4.41. The van der Waals surface area contributed by atoms with Gasteiger partial charge in [0.15, 0.2) is 6.10 Å². The molecule has 0 saturated heterocycles. The van der Waals surface area contributed by atoms with Gasteiger partial charge in [0.05, 0.1) is 0 Å². The smallest absolute Gasteiger partial charge is 0.306 e. The normalized spacial score (nSPS) is 12.7. The Kier molecular flexibility index (Phi) is 46.0. The summed E-state index contributed by atoms with van der Waals surface area (Å²) < 4.78 is 16.7. The van der Waals surface area contributed by atoms with Crippen LogP contribution < -0.4 is 0 Å². The first-order valence-corrected chi connectivity index (χ1v) is 25.0. The monoisotopic (exact) mass is 837 g/mol. The van der Waals surface area contributed by atoms with Gasteiger partial charge in [-0.15, -0.1) is 0 Å². The molecule has 0 heterocycles. The van der Waals surface area contributed by atoms with Crippen molar-refractivity contribution in [2.75, 3.05) is 13.2 Å². The number of hydrogen-bond acceptors (Lipinski definition) is 6. The van der Waals surface area contributed by atoms with Crippen LogP contribution in [0.2, 0.25) is 0 Å². The zero-order chi connectivity index (χ0) is 43.7. The van der Waals surface area contributed by atoms with Crippen LogP contribution in [0.15, 0.2) is 72.9 Å². The number of hydrogen-bond donors (Lipinski definition) is 0. The lowest BCUT2D eigenvalue weighted by molar-refractivity contribution is -0.167. The lowest BCUT2D eigenvalue weighted by Crippen LogP contribution is -2.30. The van der Waals surface area contributed by atoms with Gasteiger partial charge in [-0.3, -0.25) is 14.4 Å². The van der Waals surface area contributed by atoms with E-state index in [0.29, 0.717) is 19.3 Å². The van der Waals surface area contributed by atoms with Crippen LogP contribution in [0.25, 0.3) is 0 Å². The highest BCUT2D eigenvalue weighted by atomic mass is 16.6. The standard InChI is InChI=1S/C54H92O6/c1-4-7-10-13-16-19-22-24-26-27-29-30-32-35-38-41-44-47-53(56)59-50-51(49-58-52(55)46-43-40-37-34-21-18-15-12-9-6-3)60-54(57)48-45-42-39-36-33-31-28-25-23-20-17-14-11-8-5-2/h8,11,14-15,17-18,20,23,25,28,31,33,51H,4-7,9-10,12-13,16,19,21-22,24,26-27,29-30,32,34-50H2,1-3H3/b11-8-,17-14-,18-15-,23-20-,28-25-,33-31-. The first-order chi connectivity index (χ1) is 29.5. The molecule has 0 fully saturated rings. The zero-order valence-corrected chi connectivity index (χ0v) is 39.2. The van der Waals surface area contributed by atoms with E-state index in [1.54, 1.807) is 0 Å². The molecule has 60 heavy (non-hydrogen) atoms. The summed E-state index contributed by atoms with van der Waals surface area (Å²) >= 11 is 0. The van der Waals surface area contributed by atoms with Gasteiger partial charge in [-0.05, 0) is 57.8 Å². The average molecular weight is 837 g/mol. The average Bonchev–Trinajstić information content (AvgIpc) is 3.24. The number of allylic oxidation sites excluding steroid dienone is 12. The van der Waals surface area contributed by atoms with Gasteiger partial charge in [-0.1, -0.05) is 229 Å². The van der Waals surface area contributed by atoms with Crippen LogP contribution >= 0.6 is 0 Å². The minimum Gasteiger partial charge on any atom is -0.462 e. The van der Waals surface area contributed by atoms with Gasteiger partial charge in [-0.25, -0.2) is 0 Å². The van der Waals surface area contributed by atoms with E-state index < -0.39 is 6.10 Å². The molecule has 0 aromatic carbocycles. The maximum absolute atomic E-state index is 12.7. The van der Waals surface area contributed by atoms with Crippen LogP contribution in [-0.2, 0) is 28.6 Å². The van der Waals surface area contributed by atoms with Gasteiger partial charge >= 0.3 is 17.9 Å². The number of unbranched alkanes of at least 4 members (excludes halogenated alkanes) is 25. The Hall–Kier alpha value is -3.15. The SMILES string of the molecule is CC\C=C/C=C\C=C/C=C\C=C/CCCCCC(=O)OC(COC(=O)CCCCCC/C=C\CCCC)COC(=O)CCCCCCCCCCCCCCCCCCC. The number of carbonyl (C=O) groups is 3. The van der Waals surface area contributed by atoms with Crippen LogP contribution in [0.3, 0.4) is 0 Å². The van der Waals surface area contributed by atoms with Gasteiger partial charge in [0.2, 0.25) is 0 Å². The van der Waals surface area contributed by atoms with Gasteiger partial charge in [-0.2, -0.15) is 0 Å². The molecule has 0 aromatic heterocycles. The number of ether oxygens (including phenoxy) is 3. The van der Waals surface area contributed by atoms with E-state index in [4.69, 9.17) is 14.2 Å². The molecule has 0 amide bonds. The van der Waals surface area contributed by atoms with Crippen molar-refractivity contribution in [3.05, 3.63) is 72.9 Å². The van der Waals surface area contributed by atoms with Crippen LogP contribution in [0.4, 0.5) is 0 Å². The van der Waals surface area contributed by atoms with E-state index >= 15 is 0 Å². The molecule has 0 saturated carbocycles. The van der Waals surface area contributed by atoms with Crippen molar-refractivity contribution in [1.29, 1.82) is 0 Å². The summed E-state index contributed by atoms with van der Waals surface area (Å²) in [5.74, 6) is -0.950. The van der Waals surface area contributed by atoms with E-state index in [1.807, 2.05) is 48.6 Å². The lowest BCUT2D eigenvalue weighted by Gasteiger charge is -2.18. The maximum Gasteiger partial charge on any atom is 0.306 e. The number of carbonyl (C=O) groups excluding carboxylic acids is 3. The van der Waals surface area contributed by atoms with Crippen molar-refractivity contribution < 1.29 is 28.6 Å². The van der Waals surface area contributed by atoms with E-state index in [2.05, 4.69) is 45.1 Å². The molecule has 0 radical (unpaired) electrons. The summed E-state index contributed by atoms with van der Waals surface area (Å²) in [6, 6.07) is 0. The summed E-state index contributed by atoms with van der Waals surface area (Å²) in [5.41, 5.74) is 0. The lowest BCUT2D eigenvalue weighted by atomic mass is 10.0. The van der Waals surface area contributed by atoms with Crippen molar-refractivity contribution in [2.24, 2.45) is 0 Å². The second-order valence-corrected chi connectivity index (χ2v) is 16.5. The van der Waals surface area contributed by atoms with Gasteiger partial charge in [0.1, 0.15) is 13.2 Å². The molecular weight excluding hydrogens is 745 g/mol. The highest BCUT2D eigenvalue weighted by Crippen LogP contribution is 2.15. The van der Waals surface area contributed by atoms with Crippen molar-refractivity contribution in [1.82, 2.24) is 0 Å². The third kappa shape index (κ3) is 45.9. The largest absolute Gasteiger partial charge is 0.462 e. The van der Waals surface area contributed by atoms with Gasteiger partial charge < -0.3 is 14.2 Å². The molecule has 1 unspecified atom stereocenters. The third-order valence-electron chi connectivity index (χ3n) is 10.6. The first kappa shape index (κ1) is 56.9. The molecule has 0 aliphatic carbocycles. The third-order valence-corrected chi connectivity index (χ3v) is 10.6. The molecule has 0 spiro atoms. The Labute approximate surface area is 370 Å². The topological polar surface area (TPSA) is 78.9 Å². The summed E-state index contributed by atoms with van der Waals surface area (Å²) in [4.78, 5) is 37.9. The van der Waals surface area contributed by atoms with Crippen molar-refractivity contribution >= 4 is 17.9 Å². The van der Waals surface area contributed by atoms with Crippen LogP contribution in [0.1, 0.15) is 233 Å². The molecule has 0 aliphatic heterocycles. The van der Waals surface area contributed by atoms with Crippen molar-refractivity contribution in [2.45, 2.75) is 239 Å². The fourth-order valence-electron chi connectivity index (χ4n) is 6.80. The fraction of sp³-hybridized carbons (Fsp3) is 0.722. The van der Waals surface area contributed by atoms with E-state index in [-0.39, 0.29) is 37.5 Å². The molecule has 1 atom stereocenters. The summed E-state index contributed by atoms with van der Waals surface area (Å²) in [7, 11) is 0. The Bertz CT molecular complexity index is 1140. The minimum absolute atomic E-state index is 0.0950. The minimum atomic E-state index is -0.799. The Morgan fingerprint density at radius 1 is 0.350 bits per heavy atom. The van der Waals surface area contributed by atoms with Crippen molar-refractivity contribution in [3.63, 3.8) is 0 Å². The summed E-state index contributed by atoms with van der Waals surface area (Å²) in [6.07, 6.45) is 60.3. The van der Waals surface area contributed by atoms with Crippen LogP contribution in [-0.4, -0.2) is 37.2 Å². The Morgan fingerprint density at radius 3 is 1.13 bits per heavy atom. The molecule has 0 aliphatic rings. The fourth-order valence-corrected chi connectivity index (χ4v) is 6.80. The molecule has 6 nitrogen and oxygen atoms in total. The summed E-state index contributed by atoms with van der Waals surface area (Å²) in [6.45, 7) is 6.41. The second-order valence-electron chi connectivity index (χ2n) is 16.5. The van der Waals surface area contributed by atoms with Crippen molar-refractivity contribution in [3.8, 4) is 0 Å². The molecule has 0 rings (SSSR count). The molecule has 344 valence electrons. The predicted octanol–water partition coefficient (Wildman–Crippen LogP) is 16.3. The van der Waals surface area contributed by atoms with Gasteiger partial charge in [0.25, 0.3) is 0 Å². The second kappa shape index (κ2) is 48.5. The predicted molar refractivity (Wildman–Crippen MR) is 256 cm³/mol. The molecule has 0 N–H and O–H groups in total. The maximum atomic E-state index is 12.7. The molecule has 0 bridgehead atoms. The molecule has 6 heteroatoms. The number of rotatable bonds is 44. The molecule has 0 aromatic rings. The summed E-state index contributed by atoms with van der Waals surface area (Å²) in [5, 5.41) is 0. The van der Waals surface area contributed by atoms with Crippen LogP contribution in [0, 0.1) is 0 Å². The van der Waals surface area contributed by atoms with E-state index in [0.717, 1.165) is 83.5 Å². The van der Waals surface area contributed by atoms with Crippen LogP contribution in [0.5, 0.6) is 0 Å². The molecular formula is C54H92O6. The van der Waals surface area contributed by atoms with Gasteiger partial charge in [0, 0.05) is 19.3 Å². The highest BCUT2D eigenvalue weighted by Gasteiger charge is 2.19. The first-order valence-electron chi connectivity index (χ1n) is 25.0. The van der Waals surface area contributed by atoms with E-state index in [1.165, 1.54) is 103 Å². The number of esters is 3. The zero-order valence-electron chi connectivity index (χ0n) is 39.2. The highest BCUT2D eigenvalue weighted by molar-refractivity contribution is 5.71. The van der Waals surface area contributed by atoms with E-state index in [9.17, 15) is 14.4 Å².